The molecule has 1 aliphatic heterocycles. The van der Waals surface area contributed by atoms with Crippen LogP contribution in [0.25, 0.3) is 43.4 Å². The van der Waals surface area contributed by atoms with Gasteiger partial charge in [-0.2, -0.15) is 0 Å². The van der Waals surface area contributed by atoms with E-state index in [1.165, 1.54) is 140 Å². The van der Waals surface area contributed by atoms with Crippen LogP contribution in [0.1, 0.15) is 64.2 Å². The maximum absolute atomic E-state index is 5.08. The molecule has 0 amide bonds. The van der Waals surface area contributed by atoms with Crippen molar-refractivity contribution in [1.29, 1.82) is 0 Å². The minimum Gasteiger partial charge on any atom is -0.341 e. The van der Waals surface area contributed by atoms with Crippen molar-refractivity contribution < 1.29 is 0 Å². The highest BCUT2D eigenvalue weighted by Crippen LogP contribution is 2.65. The Morgan fingerprint density at radius 3 is 1.53 bits per heavy atom. The second kappa shape index (κ2) is 15.0. The van der Waals surface area contributed by atoms with Crippen LogP contribution in [0.4, 0.5) is 22.7 Å². The average Bonchev–Trinajstić information content (AvgIpc) is 3.30. The largest absolute Gasteiger partial charge is 0.341 e. The monoisotopic (exact) mass is 807 g/mol. The van der Waals surface area contributed by atoms with Crippen LogP contribution in [0.15, 0.2) is 134 Å². The van der Waals surface area contributed by atoms with Gasteiger partial charge in [-0.05, 0) is 128 Å². The minimum absolute atomic E-state index is 0.566. The fraction of sp³-hybridized carbons (Fsp3) is 0.283. The molecule has 8 aromatic rings. The van der Waals surface area contributed by atoms with E-state index in [4.69, 9.17) is 9.97 Å². The van der Waals surface area contributed by atoms with Crippen LogP contribution in [-0.4, -0.2) is 42.0 Å². The number of anilines is 4. The van der Waals surface area contributed by atoms with Gasteiger partial charge in [0.05, 0.1) is 42.0 Å². The van der Waals surface area contributed by atoms with E-state index in [1.54, 1.807) is 0 Å². The Bertz CT molecular complexity index is 2720. The molecular weight excluding hydrogens is 755 g/mol. The highest BCUT2D eigenvalue weighted by Gasteiger charge is 2.51. The standard InChI is InChI=1S/C53H53N4P2/c1-56-46-28-36-16-10-12-18-38(36)32-50(46)58(42-22-6-4-7-23-42)51-34-44-40(20-14-26-54-44)30-47(51)57(2)49-31-41-21-15-27-55-45(41)35-53(49)59(3,43-24-8-5-9-25-43)52-33-39-19-13-11-17-37(39)29-48(52)56/h10-21,26-35,42-43H,4-9,22-25H2,1-3H3/q+1. The van der Waals surface area contributed by atoms with Gasteiger partial charge in [-0.1, -0.05) is 86.3 Å². The summed E-state index contributed by atoms with van der Waals surface area (Å²) in [4.78, 5) is 15.4. The summed E-state index contributed by atoms with van der Waals surface area (Å²) in [6.07, 6.45) is 16.8. The number of fused-ring (bicyclic) bond motifs is 8. The minimum atomic E-state index is -2.15. The molecule has 2 atom stereocenters. The summed E-state index contributed by atoms with van der Waals surface area (Å²) < 4.78 is 0. The number of benzene rings is 6. The van der Waals surface area contributed by atoms with Crippen molar-refractivity contribution in [3.8, 4) is 0 Å². The third-order valence-corrected chi connectivity index (χ3v) is 22.0. The first-order valence-corrected chi connectivity index (χ1v) is 25.6. The number of aromatic nitrogens is 2. The lowest BCUT2D eigenvalue weighted by Crippen LogP contribution is -2.39. The van der Waals surface area contributed by atoms with Crippen LogP contribution in [0.5, 0.6) is 0 Å². The molecule has 2 unspecified atom stereocenters. The van der Waals surface area contributed by atoms with Gasteiger partial charge in [0, 0.05) is 65.3 Å². The molecule has 2 aromatic heterocycles. The normalized spacial score (nSPS) is 20.5. The first-order chi connectivity index (χ1) is 29.0. The van der Waals surface area contributed by atoms with E-state index < -0.39 is 15.2 Å². The van der Waals surface area contributed by atoms with Gasteiger partial charge >= 0.3 is 0 Å². The van der Waals surface area contributed by atoms with Gasteiger partial charge in [0.15, 0.2) is 0 Å². The summed E-state index contributed by atoms with van der Waals surface area (Å²) >= 11 is 0. The molecule has 2 saturated carbocycles. The van der Waals surface area contributed by atoms with E-state index in [9.17, 15) is 0 Å². The summed E-state index contributed by atoms with van der Waals surface area (Å²) in [5.74, 6) is 0. The molecule has 0 spiro atoms. The van der Waals surface area contributed by atoms with Crippen LogP contribution >= 0.6 is 15.2 Å². The van der Waals surface area contributed by atoms with Crippen LogP contribution in [0.3, 0.4) is 0 Å². The highest BCUT2D eigenvalue weighted by molar-refractivity contribution is 7.90. The van der Waals surface area contributed by atoms with Crippen LogP contribution in [0, 0.1) is 0 Å². The Labute approximate surface area is 350 Å². The van der Waals surface area contributed by atoms with Crippen molar-refractivity contribution in [3.63, 3.8) is 0 Å². The third kappa shape index (κ3) is 6.24. The summed E-state index contributed by atoms with van der Waals surface area (Å²) in [6, 6.07) is 47.2. The fourth-order valence-corrected chi connectivity index (χ4v) is 19.1. The van der Waals surface area contributed by atoms with Crippen molar-refractivity contribution in [2.75, 3.05) is 30.6 Å². The lowest BCUT2D eigenvalue weighted by Gasteiger charge is -2.41. The summed E-state index contributed by atoms with van der Waals surface area (Å²) in [5.41, 5.74) is 8.67. The Balaban J connectivity index is 1.33. The zero-order valence-corrected chi connectivity index (χ0v) is 36.4. The summed E-state index contributed by atoms with van der Waals surface area (Å²) in [7, 11) is 1.80. The maximum Gasteiger partial charge on any atom is 0.125 e. The molecule has 59 heavy (non-hydrogen) atoms. The summed E-state index contributed by atoms with van der Waals surface area (Å²) in [5, 5.41) is 13.6. The van der Waals surface area contributed by atoms with Gasteiger partial charge in [-0.15, -0.1) is 0 Å². The Hall–Kier alpha value is -4.88. The van der Waals surface area contributed by atoms with E-state index in [1.807, 2.05) is 12.4 Å². The molecule has 6 aromatic carbocycles. The lowest BCUT2D eigenvalue weighted by molar-refractivity contribution is 0.511. The SMILES string of the molecule is CN1c2cc3ccccc3cc2P(C2CCCCC2)c2cc3ncccc3cc2N(C)c2cc3cccnc3cc2[P+](C)(C2CCCCC2)c2cc3ccccc3cc21. The predicted octanol–water partition coefficient (Wildman–Crippen LogP) is 12.6. The Morgan fingerprint density at radius 1 is 0.475 bits per heavy atom. The quantitative estimate of drug-likeness (QED) is 0.163. The van der Waals surface area contributed by atoms with Crippen LogP contribution in [-0.2, 0) is 0 Å². The predicted molar refractivity (Wildman–Crippen MR) is 260 cm³/mol. The maximum atomic E-state index is 5.08. The number of hydrogen-bond donors (Lipinski definition) is 0. The van der Waals surface area contributed by atoms with E-state index in [-0.39, 0.29) is 0 Å². The first-order valence-electron chi connectivity index (χ1n) is 21.9. The zero-order chi connectivity index (χ0) is 39.7. The second-order valence-electron chi connectivity index (χ2n) is 17.6. The smallest absolute Gasteiger partial charge is 0.125 e. The van der Waals surface area contributed by atoms with Crippen molar-refractivity contribution in [1.82, 2.24) is 9.97 Å². The Morgan fingerprint density at radius 2 is 0.915 bits per heavy atom. The number of rotatable bonds is 2. The average molecular weight is 808 g/mol. The van der Waals surface area contributed by atoms with E-state index in [0.29, 0.717) is 11.3 Å². The van der Waals surface area contributed by atoms with E-state index in [2.05, 4.69) is 152 Å². The van der Waals surface area contributed by atoms with Crippen molar-refractivity contribution in [2.45, 2.75) is 75.5 Å². The first kappa shape index (κ1) is 37.1. The Kier molecular flexibility index (Phi) is 9.44. The van der Waals surface area contributed by atoms with Crippen molar-refractivity contribution >= 4 is 103 Å². The molecule has 4 nitrogen and oxygen atoms in total. The van der Waals surface area contributed by atoms with Crippen molar-refractivity contribution in [3.05, 3.63) is 134 Å². The van der Waals surface area contributed by atoms with Gasteiger partial charge in [0.2, 0.25) is 0 Å². The van der Waals surface area contributed by atoms with Crippen LogP contribution < -0.4 is 31.0 Å². The molecule has 294 valence electrons. The van der Waals surface area contributed by atoms with Gasteiger partial charge in [-0.3, -0.25) is 9.97 Å². The molecule has 0 bridgehead atoms. The fourth-order valence-electron chi connectivity index (χ4n) is 11.1. The zero-order valence-electron chi connectivity index (χ0n) is 34.6. The molecule has 2 aliphatic carbocycles. The molecule has 3 aliphatic rings. The molecular formula is C53H53N4P2+. The molecule has 0 radical (unpaired) electrons. The second-order valence-corrected chi connectivity index (χ2v) is 23.9. The molecule has 0 saturated heterocycles. The van der Waals surface area contributed by atoms with Gasteiger partial charge in [-0.25, -0.2) is 0 Å². The number of nitrogens with zero attached hydrogens (tertiary/aromatic N) is 4. The molecule has 6 heteroatoms. The topological polar surface area (TPSA) is 32.3 Å². The number of pyridine rings is 2. The van der Waals surface area contributed by atoms with E-state index in [0.717, 1.165) is 11.0 Å². The molecule has 2 fully saturated rings. The van der Waals surface area contributed by atoms with Crippen LogP contribution in [0.2, 0.25) is 0 Å². The highest BCUT2D eigenvalue weighted by atomic mass is 31.2. The third-order valence-electron chi connectivity index (χ3n) is 14.3. The molecule has 11 rings (SSSR count). The van der Waals surface area contributed by atoms with Gasteiger partial charge in [0.1, 0.15) is 10.6 Å². The van der Waals surface area contributed by atoms with Crippen molar-refractivity contribution in [2.24, 2.45) is 0 Å². The van der Waals surface area contributed by atoms with Gasteiger partial charge < -0.3 is 9.80 Å². The summed E-state index contributed by atoms with van der Waals surface area (Å²) in [6.45, 7) is 2.71. The van der Waals surface area contributed by atoms with Gasteiger partial charge in [0.25, 0.3) is 0 Å². The molecule has 3 heterocycles. The number of hydrogen-bond acceptors (Lipinski definition) is 4. The lowest BCUT2D eigenvalue weighted by atomic mass is 10.0. The molecule has 0 N–H and O–H groups in total. The van der Waals surface area contributed by atoms with E-state index >= 15 is 0 Å².